The molecule has 0 aliphatic rings. The van der Waals surface area contributed by atoms with E-state index in [0.29, 0.717) is 43.9 Å². The van der Waals surface area contributed by atoms with E-state index in [9.17, 15) is 9.59 Å². The number of fused-ring (bicyclic) bond motifs is 7. The van der Waals surface area contributed by atoms with Crippen LogP contribution in [0.1, 0.15) is 0 Å². The first-order valence-corrected chi connectivity index (χ1v) is 14.9. The lowest BCUT2D eigenvalue weighted by Crippen LogP contribution is -2.03. The molecule has 0 aliphatic heterocycles. The van der Waals surface area contributed by atoms with Gasteiger partial charge in [0.2, 0.25) is 10.9 Å². The van der Waals surface area contributed by atoms with Gasteiger partial charge in [0.05, 0.1) is 32.6 Å². The molecule has 0 fully saturated rings. The van der Waals surface area contributed by atoms with Crippen molar-refractivity contribution in [1.29, 1.82) is 0 Å². The quantitative estimate of drug-likeness (QED) is 0.168. The van der Waals surface area contributed by atoms with Crippen LogP contribution < -0.4 is 10.9 Å². The molecule has 0 bridgehead atoms. The second-order valence-electron chi connectivity index (χ2n) is 10.5. The summed E-state index contributed by atoms with van der Waals surface area (Å²) in [5, 5.41) is 4.82. The Bertz CT molecular complexity index is 2630. The molecule has 0 saturated carbocycles. The molecule has 0 saturated heterocycles. The average Bonchev–Trinajstić information content (AvgIpc) is 3.40. The van der Waals surface area contributed by atoms with Crippen LogP contribution in [0.3, 0.4) is 0 Å². The number of benzene rings is 6. The fourth-order valence-corrected chi connectivity index (χ4v) is 6.27. The molecule has 9 rings (SSSR count). The predicted octanol–water partition coefficient (Wildman–Crippen LogP) is 9.75. The number of nitrogens with zero attached hydrogens (tertiary/aromatic N) is 1. The highest BCUT2D eigenvalue weighted by atomic mass is 79.9. The first kappa shape index (κ1) is 26.2. The molecule has 210 valence electrons. The Labute approximate surface area is 258 Å². The van der Waals surface area contributed by atoms with Crippen LogP contribution in [0.5, 0.6) is 0 Å². The highest BCUT2D eigenvalue weighted by molar-refractivity contribution is 9.10. The molecule has 44 heavy (non-hydrogen) atoms. The lowest BCUT2D eigenvalue weighted by Gasteiger charge is -2.09. The van der Waals surface area contributed by atoms with Crippen molar-refractivity contribution in [3.05, 3.63) is 158 Å². The molecule has 0 N–H and O–H groups in total. The van der Waals surface area contributed by atoms with E-state index in [0.717, 1.165) is 21.2 Å². The summed E-state index contributed by atoms with van der Waals surface area (Å²) < 4.78 is 14.7. The summed E-state index contributed by atoms with van der Waals surface area (Å²) in [5.74, 6) is 0. The number of halogens is 1. The highest BCUT2D eigenvalue weighted by Crippen LogP contribution is 2.32. The Hall–Kier alpha value is -5.46. The fraction of sp³-hybridized carbons (Fsp3) is 0. The zero-order valence-corrected chi connectivity index (χ0v) is 24.7. The van der Waals surface area contributed by atoms with Crippen molar-refractivity contribution < 1.29 is 8.83 Å². The van der Waals surface area contributed by atoms with Crippen molar-refractivity contribution >= 4 is 81.6 Å². The van der Waals surface area contributed by atoms with Crippen LogP contribution in [0.25, 0.3) is 71.4 Å². The van der Waals surface area contributed by atoms with Crippen molar-refractivity contribution in [2.45, 2.75) is 0 Å². The topological polar surface area (TPSA) is 65.3 Å². The van der Waals surface area contributed by atoms with Crippen molar-refractivity contribution in [2.75, 3.05) is 0 Å². The molecular weight excluding hydrogens is 614 g/mol. The molecule has 0 atom stereocenters. The van der Waals surface area contributed by atoms with Crippen LogP contribution in [-0.2, 0) is 0 Å². The lowest BCUT2D eigenvalue weighted by atomic mass is 10.1. The van der Waals surface area contributed by atoms with Gasteiger partial charge >= 0.3 is 0 Å². The number of aromatic nitrogens is 1. The molecule has 0 radical (unpaired) electrons. The number of hydrogen-bond donors (Lipinski definition) is 0. The first-order chi connectivity index (χ1) is 21.6. The molecule has 5 nitrogen and oxygen atoms in total. The molecule has 3 aromatic heterocycles. The van der Waals surface area contributed by atoms with Gasteiger partial charge in [0.25, 0.3) is 0 Å². The van der Waals surface area contributed by atoms with Crippen LogP contribution in [-0.4, -0.2) is 4.57 Å². The van der Waals surface area contributed by atoms with Crippen LogP contribution >= 0.6 is 15.9 Å². The summed E-state index contributed by atoms with van der Waals surface area (Å²) in [5.41, 5.74) is 5.67. The summed E-state index contributed by atoms with van der Waals surface area (Å²) >= 11 is 3.35. The third kappa shape index (κ3) is 4.22. The van der Waals surface area contributed by atoms with Crippen LogP contribution in [0.15, 0.2) is 156 Å². The maximum Gasteiger partial charge on any atom is 0.200 e. The Morgan fingerprint density at radius 3 is 1.43 bits per heavy atom. The molecule has 0 spiro atoms. The SMILES string of the molecule is O=c1c2ccccc2oc2ccc(-n3c4ccccc4c4ccccc43)cc12.O=c1c2ccccc2oc2ccc(Br)cc12. The average molecular weight is 637 g/mol. The molecule has 3 heterocycles. The molecule has 0 aliphatic carbocycles. The van der Waals surface area contributed by atoms with E-state index in [1.807, 2.05) is 72.8 Å². The highest BCUT2D eigenvalue weighted by Gasteiger charge is 2.14. The summed E-state index contributed by atoms with van der Waals surface area (Å²) in [4.78, 5) is 25.2. The fourth-order valence-electron chi connectivity index (χ4n) is 5.91. The van der Waals surface area contributed by atoms with Gasteiger partial charge in [-0.05, 0) is 72.8 Å². The van der Waals surface area contributed by atoms with Crippen LogP contribution in [0, 0.1) is 0 Å². The summed E-state index contributed by atoms with van der Waals surface area (Å²) in [6, 6.07) is 42.6. The third-order valence-corrected chi connectivity index (χ3v) is 8.43. The normalized spacial score (nSPS) is 11.5. The summed E-state index contributed by atoms with van der Waals surface area (Å²) in [6.45, 7) is 0. The van der Waals surface area contributed by atoms with Gasteiger partial charge in [-0.3, -0.25) is 9.59 Å². The first-order valence-electron chi connectivity index (χ1n) is 14.1. The minimum absolute atomic E-state index is 0.000493. The lowest BCUT2D eigenvalue weighted by molar-refractivity contribution is 0.659. The van der Waals surface area contributed by atoms with Crippen molar-refractivity contribution in [3.8, 4) is 5.69 Å². The van der Waals surface area contributed by atoms with E-state index in [-0.39, 0.29) is 10.9 Å². The van der Waals surface area contributed by atoms with E-state index in [2.05, 4.69) is 56.9 Å². The van der Waals surface area contributed by atoms with Gasteiger partial charge in [0.1, 0.15) is 22.3 Å². The smallest absolute Gasteiger partial charge is 0.200 e. The van der Waals surface area contributed by atoms with E-state index in [1.54, 1.807) is 24.3 Å². The minimum atomic E-state index is -0.000493. The van der Waals surface area contributed by atoms with Crippen LogP contribution in [0.4, 0.5) is 0 Å². The zero-order valence-electron chi connectivity index (χ0n) is 23.2. The summed E-state index contributed by atoms with van der Waals surface area (Å²) in [6.07, 6.45) is 0. The van der Waals surface area contributed by atoms with Gasteiger partial charge in [-0.15, -0.1) is 0 Å². The molecule has 0 amide bonds. The minimum Gasteiger partial charge on any atom is -0.456 e. The monoisotopic (exact) mass is 635 g/mol. The Balaban J connectivity index is 0.000000153. The largest absolute Gasteiger partial charge is 0.456 e. The maximum absolute atomic E-state index is 13.1. The number of rotatable bonds is 1. The third-order valence-electron chi connectivity index (χ3n) is 7.94. The zero-order chi connectivity index (χ0) is 29.8. The molecule has 6 aromatic carbocycles. The van der Waals surface area contributed by atoms with Gasteiger partial charge < -0.3 is 13.4 Å². The van der Waals surface area contributed by atoms with Crippen molar-refractivity contribution in [3.63, 3.8) is 0 Å². The summed E-state index contributed by atoms with van der Waals surface area (Å²) in [7, 11) is 0. The predicted molar refractivity (Wildman–Crippen MR) is 182 cm³/mol. The van der Waals surface area contributed by atoms with E-state index in [4.69, 9.17) is 8.83 Å². The Morgan fingerprint density at radius 1 is 0.432 bits per heavy atom. The van der Waals surface area contributed by atoms with E-state index in [1.165, 1.54) is 10.8 Å². The van der Waals surface area contributed by atoms with E-state index < -0.39 is 0 Å². The van der Waals surface area contributed by atoms with Gasteiger partial charge in [-0.1, -0.05) is 76.6 Å². The van der Waals surface area contributed by atoms with E-state index >= 15 is 0 Å². The molecule has 0 unspecified atom stereocenters. The Morgan fingerprint density at radius 2 is 0.864 bits per heavy atom. The second kappa shape index (κ2) is 10.4. The Kier molecular flexibility index (Phi) is 6.17. The maximum atomic E-state index is 13.1. The molecule has 9 aromatic rings. The van der Waals surface area contributed by atoms with Gasteiger partial charge in [-0.2, -0.15) is 0 Å². The number of para-hydroxylation sites is 4. The standard InChI is InChI=1S/C25H15NO2.C13H7BrO2/c27-25-19-9-3-6-12-23(19)28-24-14-13-16(15-20(24)25)26-21-10-4-1-7-17(21)18-8-2-5-11-22(18)26;14-8-5-6-12-10(7-8)13(15)9-3-1-2-4-11(9)16-12/h1-15H;1-7H. The van der Waals surface area contributed by atoms with Gasteiger partial charge in [-0.25, -0.2) is 0 Å². The second-order valence-corrected chi connectivity index (χ2v) is 11.5. The van der Waals surface area contributed by atoms with Crippen molar-refractivity contribution in [2.24, 2.45) is 0 Å². The van der Waals surface area contributed by atoms with Gasteiger partial charge in [0.15, 0.2) is 0 Å². The molecule has 6 heteroatoms. The van der Waals surface area contributed by atoms with Gasteiger partial charge in [0, 0.05) is 20.9 Å². The number of hydrogen-bond acceptors (Lipinski definition) is 4. The van der Waals surface area contributed by atoms with Crippen molar-refractivity contribution in [1.82, 2.24) is 4.57 Å². The van der Waals surface area contributed by atoms with Crippen LogP contribution in [0.2, 0.25) is 0 Å². The molecular formula is C38H22BrNO4.